The van der Waals surface area contributed by atoms with Crippen molar-refractivity contribution in [2.75, 3.05) is 0 Å². The van der Waals surface area contributed by atoms with Gasteiger partial charge in [0.25, 0.3) is 0 Å². The summed E-state index contributed by atoms with van der Waals surface area (Å²) in [5.41, 5.74) is 0.920. The zero-order valence-electron chi connectivity index (χ0n) is 10.7. The molecule has 1 saturated carbocycles. The highest BCUT2D eigenvalue weighted by molar-refractivity contribution is 6.30. The number of halogens is 1. The van der Waals surface area contributed by atoms with Gasteiger partial charge in [-0.25, -0.2) is 0 Å². The molecular weight excluding hydrogens is 262 g/mol. The number of nitrogens with one attached hydrogen (secondary N) is 1. The van der Waals surface area contributed by atoms with Crippen LogP contribution in [0, 0.1) is 0 Å². The summed E-state index contributed by atoms with van der Waals surface area (Å²) in [6.07, 6.45) is 6.53. The van der Waals surface area contributed by atoms with Crippen molar-refractivity contribution in [3.05, 3.63) is 40.9 Å². The van der Waals surface area contributed by atoms with Gasteiger partial charge in [0.05, 0.1) is 12.1 Å². The van der Waals surface area contributed by atoms with Gasteiger partial charge < -0.3 is 10.4 Å². The molecule has 3 nitrogen and oxygen atoms in total. The maximum Gasteiger partial charge on any atom is 0.244 e. The highest BCUT2D eigenvalue weighted by atomic mass is 35.5. The third-order valence-corrected chi connectivity index (χ3v) is 3.61. The fourth-order valence-corrected chi connectivity index (χ4v) is 2.38. The molecule has 4 heteroatoms. The molecule has 0 spiro atoms. The lowest BCUT2D eigenvalue weighted by Crippen LogP contribution is -2.44. The Balaban J connectivity index is 1.88. The second kappa shape index (κ2) is 6.73. The zero-order chi connectivity index (χ0) is 13.7. The van der Waals surface area contributed by atoms with E-state index in [1.807, 2.05) is 12.1 Å². The Hall–Kier alpha value is -1.32. The van der Waals surface area contributed by atoms with Gasteiger partial charge in [-0.1, -0.05) is 36.6 Å². The van der Waals surface area contributed by atoms with E-state index in [4.69, 9.17) is 11.6 Å². The highest BCUT2D eigenvalue weighted by Crippen LogP contribution is 2.18. The molecule has 19 heavy (non-hydrogen) atoms. The van der Waals surface area contributed by atoms with E-state index in [2.05, 4.69) is 5.32 Å². The fraction of sp³-hybridized carbons (Fsp3) is 0.400. The molecule has 1 aliphatic carbocycles. The summed E-state index contributed by atoms with van der Waals surface area (Å²) in [6, 6.07) is 7.15. The van der Waals surface area contributed by atoms with E-state index in [-0.39, 0.29) is 11.9 Å². The third kappa shape index (κ3) is 4.37. The molecule has 1 aliphatic rings. The molecule has 2 N–H and O–H groups in total. The molecule has 2 rings (SSSR count). The predicted molar refractivity (Wildman–Crippen MR) is 76.9 cm³/mol. The van der Waals surface area contributed by atoms with Gasteiger partial charge in [-0.2, -0.15) is 0 Å². The van der Waals surface area contributed by atoms with Gasteiger partial charge in [0.15, 0.2) is 0 Å². The van der Waals surface area contributed by atoms with E-state index in [9.17, 15) is 9.90 Å². The molecule has 0 aromatic heterocycles. The molecule has 0 saturated heterocycles. The molecule has 102 valence electrons. The molecule has 1 fully saturated rings. The monoisotopic (exact) mass is 279 g/mol. The number of carbonyl (C=O) groups excluding carboxylic acids is 1. The Bertz CT molecular complexity index is 456. The van der Waals surface area contributed by atoms with Crippen molar-refractivity contribution in [1.29, 1.82) is 0 Å². The smallest absolute Gasteiger partial charge is 0.244 e. The number of aliphatic hydroxyl groups is 1. The van der Waals surface area contributed by atoms with E-state index in [1.54, 1.807) is 18.2 Å². The quantitative estimate of drug-likeness (QED) is 0.836. The largest absolute Gasteiger partial charge is 0.391 e. The number of hydrogen-bond donors (Lipinski definition) is 2. The molecular formula is C15H18ClNO2. The molecule has 1 aromatic carbocycles. The zero-order valence-corrected chi connectivity index (χ0v) is 11.4. The molecule has 0 heterocycles. The van der Waals surface area contributed by atoms with Crippen LogP contribution >= 0.6 is 11.6 Å². The normalized spacial score (nSPS) is 23.5. The van der Waals surface area contributed by atoms with Crippen molar-refractivity contribution in [3.8, 4) is 0 Å². The molecule has 0 bridgehead atoms. The van der Waals surface area contributed by atoms with Crippen LogP contribution in [0.5, 0.6) is 0 Å². The highest BCUT2D eigenvalue weighted by Gasteiger charge is 2.23. The first-order valence-corrected chi connectivity index (χ1v) is 6.95. The van der Waals surface area contributed by atoms with Crippen LogP contribution in [-0.4, -0.2) is 23.2 Å². The Labute approximate surface area is 118 Å². The summed E-state index contributed by atoms with van der Waals surface area (Å²) in [6.45, 7) is 0. The van der Waals surface area contributed by atoms with Gasteiger partial charge >= 0.3 is 0 Å². The number of amides is 1. The molecule has 2 atom stereocenters. The van der Waals surface area contributed by atoms with Crippen LogP contribution in [0.1, 0.15) is 31.2 Å². The second-order valence-electron chi connectivity index (χ2n) is 4.85. The number of rotatable bonds is 3. The van der Waals surface area contributed by atoms with Gasteiger partial charge in [-0.05, 0) is 36.6 Å². The first-order valence-electron chi connectivity index (χ1n) is 6.57. The van der Waals surface area contributed by atoms with E-state index in [0.717, 1.165) is 31.2 Å². The lowest BCUT2D eigenvalue weighted by atomic mass is 9.92. The average molecular weight is 280 g/mol. The van der Waals surface area contributed by atoms with Crippen LogP contribution in [0.2, 0.25) is 5.02 Å². The van der Waals surface area contributed by atoms with E-state index >= 15 is 0 Å². The van der Waals surface area contributed by atoms with E-state index in [0.29, 0.717) is 5.02 Å². The topological polar surface area (TPSA) is 49.3 Å². The number of aliphatic hydroxyl groups excluding tert-OH is 1. The summed E-state index contributed by atoms with van der Waals surface area (Å²) in [5, 5.41) is 13.3. The molecule has 0 radical (unpaired) electrons. The standard InChI is InChI=1S/C15H18ClNO2/c16-12-8-5-11(6-9-12)7-10-15(19)17-13-3-1-2-4-14(13)18/h5-10,13-14,18H,1-4H2,(H,17,19). The first-order chi connectivity index (χ1) is 9.15. The van der Waals surface area contributed by atoms with Crippen LogP contribution in [0.25, 0.3) is 6.08 Å². The van der Waals surface area contributed by atoms with Crippen molar-refractivity contribution in [2.24, 2.45) is 0 Å². The third-order valence-electron chi connectivity index (χ3n) is 3.35. The number of benzene rings is 1. The molecule has 2 unspecified atom stereocenters. The molecule has 0 aliphatic heterocycles. The van der Waals surface area contributed by atoms with Crippen LogP contribution in [0.15, 0.2) is 30.3 Å². The maximum absolute atomic E-state index is 11.8. The first kappa shape index (κ1) is 14.1. The minimum absolute atomic E-state index is 0.115. The Morgan fingerprint density at radius 2 is 1.95 bits per heavy atom. The van der Waals surface area contributed by atoms with Crippen molar-refractivity contribution in [1.82, 2.24) is 5.32 Å². The molecule has 1 amide bonds. The van der Waals surface area contributed by atoms with Crippen molar-refractivity contribution in [3.63, 3.8) is 0 Å². The van der Waals surface area contributed by atoms with Crippen LogP contribution in [0.3, 0.4) is 0 Å². The fourth-order valence-electron chi connectivity index (χ4n) is 2.26. The predicted octanol–water partition coefficient (Wildman–Crippen LogP) is 2.77. The maximum atomic E-state index is 11.8. The SMILES string of the molecule is O=C(C=Cc1ccc(Cl)cc1)NC1CCCCC1O. The summed E-state index contributed by atoms with van der Waals surface area (Å²) in [7, 11) is 0. The Morgan fingerprint density at radius 1 is 1.26 bits per heavy atom. The summed E-state index contributed by atoms with van der Waals surface area (Å²) < 4.78 is 0. The lowest BCUT2D eigenvalue weighted by molar-refractivity contribution is -0.118. The van der Waals surface area contributed by atoms with Gasteiger partial charge in [0, 0.05) is 11.1 Å². The van der Waals surface area contributed by atoms with Gasteiger partial charge in [0.1, 0.15) is 0 Å². The minimum atomic E-state index is -0.415. The number of carbonyl (C=O) groups is 1. The Kier molecular flexibility index (Phi) is 5.00. The average Bonchev–Trinajstić information content (AvgIpc) is 2.41. The van der Waals surface area contributed by atoms with Gasteiger partial charge in [-0.3, -0.25) is 4.79 Å². The van der Waals surface area contributed by atoms with Gasteiger partial charge in [-0.15, -0.1) is 0 Å². The van der Waals surface area contributed by atoms with Gasteiger partial charge in [0.2, 0.25) is 5.91 Å². The van der Waals surface area contributed by atoms with Crippen molar-refractivity contribution < 1.29 is 9.90 Å². The summed E-state index contributed by atoms with van der Waals surface area (Å²) in [4.78, 5) is 11.8. The molecule has 1 aromatic rings. The van der Waals surface area contributed by atoms with Crippen molar-refractivity contribution >= 4 is 23.6 Å². The van der Waals surface area contributed by atoms with Crippen LogP contribution < -0.4 is 5.32 Å². The van der Waals surface area contributed by atoms with Crippen LogP contribution in [-0.2, 0) is 4.79 Å². The van der Waals surface area contributed by atoms with E-state index < -0.39 is 6.10 Å². The summed E-state index contributed by atoms with van der Waals surface area (Å²) in [5.74, 6) is -0.166. The Morgan fingerprint density at radius 3 is 2.63 bits per heavy atom. The van der Waals surface area contributed by atoms with Crippen LogP contribution in [0.4, 0.5) is 0 Å². The van der Waals surface area contributed by atoms with Crippen molar-refractivity contribution in [2.45, 2.75) is 37.8 Å². The minimum Gasteiger partial charge on any atom is -0.391 e. The van der Waals surface area contributed by atoms with E-state index in [1.165, 1.54) is 6.08 Å². The summed E-state index contributed by atoms with van der Waals surface area (Å²) >= 11 is 5.79. The lowest BCUT2D eigenvalue weighted by Gasteiger charge is -2.27. The number of hydrogen-bond acceptors (Lipinski definition) is 2. The second-order valence-corrected chi connectivity index (χ2v) is 5.29.